The van der Waals surface area contributed by atoms with Gasteiger partial charge in [0.25, 0.3) is 18.2 Å². The van der Waals surface area contributed by atoms with Gasteiger partial charge in [0.2, 0.25) is 0 Å². The molecule has 2 N–H and O–H groups in total. The van der Waals surface area contributed by atoms with Crippen molar-refractivity contribution in [3.63, 3.8) is 0 Å². The molecule has 1 fully saturated rings. The predicted molar refractivity (Wildman–Crippen MR) is 99.5 cm³/mol. The SMILES string of the molecule is CC(Oc1ccc(F)cc1)C(=O)N1CC(CO)(NC(=O)c2ccc(C(F)F)cn2)C1. The molecule has 2 amide bonds. The number of aliphatic hydroxyl groups excluding tert-OH is 1. The fraction of sp³-hybridized carbons (Fsp3) is 0.350. The van der Waals surface area contributed by atoms with Gasteiger partial charge in [-0.25, -0.2) is 13.2 Å². The van der Waals surface area contributed by atoms with Crippen LogP contribution in [-0.4, -0.2) is 58.1 Å². The zero-order valence-electron chi connectivity index (χ0n) is 16.0. The maximum absolute atomic E-state index is 13.0. The number of rotatable bonds is 7. The van der Waals surface area contributed by atoms with Crippen LogP contribution in [0.15, 0.2) is 42.6 Å². The van der Waals surface area contributed by atoms with Crippen LogP contribution < -0.4 is 10.1 Å². The Balaban J connectivity index is 1.56. The summed E-state index contributed by atoms with van der Waals surface area (Å²) >= 11 is 0. The predicted octanol–water partition coefficient (Wildman–Crippen LogP) is 1.93. The highest BCUT2D eigenvalue weighted by molar-refractivity contribution is 5.93. The zero-order valence-corrected chi connectivity index (χ0v) is 16.0. The average molecular weight is 423 g/mol. The number of nitrogens with one attached hydrogen (secondary N) is 1. The molecular formula is C20H20F3N3O4. The second-order valence-corrected chi connectivity index (χ2v) is 7.08. The summed E-state index contributed by atoms with van der Waals surface area (Å²) in [4.78, 5) is 30.0. The fourth-order valence-electron chi connectivity index (χ4n) is 3.06. The molecule has 1 aliphatic heterocycles. The van der Waals surface area contributed by atoms with Crippen LogP contribution in [0.2, 0.25) is 0 Å². The Labute approximate surface area is 170 Å². The van der Waals surface area contributed by atoms with Gasteiger partial charge >= 0.3 is 0 Å². The quantitative estimate of drug-likeness (QED) is 0.710. The van der Waals surface area contributed by atoms with Crippen LogP contribution in [0.3, 0.4) is 0 Å². The van der Waals surface area contributed by atoms with E-state index in [1.165, 1.54) is 42.2 Å². The van der Waals surface area contributed by atoms with Crippen LogP contribution in [0.4, 0.5) is 13.2 Å². The van der Waals surface area contributed by atoms with Crippen molar-refractivity contribution in [1.82, 2.24) is 15.2 Å². The van der Waals surface area contributed by atoms with E-state index in [-0.39, 0.29) is 30.3 Å². The third kappa shape index (κ3) is 4.70. The maximum atomic E-state index is 13.0. The molecule has 1 aromatic heterocycles. The van der Waals surface area contributed by atoms with E-state index in [0.717, 1.165) is 12.3 Å². The van der Waals surface area contributed by atoms with Crippen molar-refractivity contribution in [3.8, 4) is 5.75 Å². The van der Waals surface area contributed by atoms with E-state index in [9.17, 15) is 27.9 Å². The van der Waals surface area contributed by atoms with Gasteiger partial charge in [-0.1, -0.05) is 0 Å². The van der Waals surface area contributed by atoms with Gasteiger partial charge in [-0.05, 0) is 43.3 Å². The minimum absolute atomic E-state index is 0.0420. The van der Waals surface area contributed by atoms with Gasteiger partial charge in [0, 0.05) is 24.8 Å². The highest BCUT2D eigenvalue weighted by atomic mass is 19.3. The van der Waals surface area contributed by atoms with Gasteiger partial charge in [-0.2, -0.15) is 0 Å². The number of likely N-dealkylation sites (tertiary alicyclic amines) is 1. The van der Waals surface area contributed by atoms with Crippen molar-refractivity contribution < 1.29 is 32.6 Å². The summed E-state index contributed by atoms with van der Waals surface area (Å²) < 4.78 is 43.6. The van der Waals surface area contributed by atoms with Crippen molar-refractivity contribution in [2.45, 2.75) is 25.0 Å². The molecule has 0 saturated carbocycles. The van der Waals surface area contributed by atoms with Crippen molar-refractivity contribution in [3.05, 3.63) is 59.7 Å². The number of carbonyl (C=O) groups is 2. The van der Waals surface area contributed by atoms with Gasteiger partial charge < -0.3 is 20.1 Å². The number of nitrogens with zero attached hydrogens (tertiary/aromatic N) is 2. The van der Waals surface area contributed by atoms with Gasteiger partial charge in [-0.3, -0.25) is 14.6 Å². The first-order valence-corrected chi connectivity index (χ1v) is 9.11. The lowest BCUT2D eigenvalue weighted by atomic mass is 9.89. The fourth-order valence-corrected chi connectivity index (χ4v) is 3.06. The number of halogens is 3. The maximum Gasteiger partial charge on any atom is 0.270 e. The number of hydrogen-bond donors (Lipinski definition) is 2. The van der Waals surface area contributed by atoms with Crippen LogP contribution in [0.5, 0.6) is 5.75 Å². The molecule has 7 nitrogen and oxygen atoms in total. The number of hydrogen-bond acceptors (Lipinski definition) is 5. The molecule has 2 aromatic rings. The zero-order chi connectivity index (χ0) is 21.9. The standard InChI is InChI=1S/C20H20F3N3O4/c1-12(30-15-5-3-14(21)4-6-15)19(29)26-9-20(10-26,11-27)25-18(28)16-7-2-13(8-24-16)17(22)23/h2-8,12,17,27H,9-11H2,1H3,(H,25,28). The van der Waals surface area contributed by atoms with E-state index in [4.69, 9.17) is 4.74 Å². The summed E-state index contributed by atoms with van der Waals surface area (Å²) in [7, 11) is 0. The minimum atomic E-state index is -2.69. The van der Waals surface area contributed by atoms with E-state index < -0.39 is 36.4 Å². The number of benzene rings is 1. The Morgan fingerprint density at radius 2 is 1.90 bits per heavy atom. The molecule has 1 aliphatic rings. The Bertz CT molecular complexity index is 901. The van der Waals surface area contributed by atoms with Crippen LogP contribution >= 0.6 is 0 Å². The molecule has 160 valence electrons. The van der Waals surface area contributed by atoms with Gasteiger partial charge in [-0.15, -0.1) is 0 Å². The Hall–Kier alpha value is -3.14. The Kier molecular flexibility index (Phi) is 6.25. The number of alkyl halides is 2. The molecule has 0 bridgehead atoms. The molecule has 1 atom stereocenters. The number of aliphatic hydroxyl groups is 1. The summed E-state index contributed by atoms with van der Waals surface area (Å²) in [6.45, 7) is 1.20. The second kappa shape index (κ2) is 8.70. The monoisotopic (exact) mass is 423 g/mol. The first kappa shape index (κ1) is 21.6. The third-order valence-electron chi connectivity index (χ3n) is 4.73. The summed E-state index contributed by atoms with van der Waals surface area (Å²) in [5, 5.41) is 12.3. The van der Waals surface area contributed by atoms with Crippen molar-refractivity contribution in [2.24, 2.45) is 0 Å². The molecule has 10 heteroatoms. The average Bonchev–Trinajstić information content (AvgIpc) is 2.71. The van der Waals surface area contributed by atoms with Gasteiger partial charge in [0.05, 0.1) is 12.1 Å². The molecule has 1 unspecified atom stereocenters. The highest BCUT2D eigenvalue weighted by Crippen LogP contribution is 2.24. The van der Waals surface area contributed by atoms with Crippen molar-refractivity contribution >= 4 is 11.8 Å². The first-order valence-electron chi connectivity index (χ1n) is 9.11. The summed E-state index contributed by atoms with van der Waals surface area (Å²) in [5.41, 5.74) is -1.45. The molecular weight excluding hydrogens is 403 g/mol. The van der Waals surface area contributed by atoms with Crippen LogP contribution in [0, 0.1) is 5.82 Å². The number of pyridine rings is 1. The van der Waals surface area contributed by atoms with Crippen LogP contribution in [-0.2, 0) is 4.79 Å². The molecule has 0 radical (unpaired) electrons. The molecule has 30 heavy (non-hydrogen) atoms. The lowest BCUT2D eigenvalue weighted by Gasteiger charge is -2.49. The molecule has 1 aromatic carbocycles. The van der Waals surface area contributed by atoms with Crippen LogP contribution in [0.1, 0.15) is 29.4 Å². The Morgan fingerprint density at radius 3 is 2.43 bits per heavy atom. The van der Waals surface area contributed by atoms with E-state index in [1.54, 1.807) is 0 Å². The van der Waals surface area contributed by atoms with Gasteiger partial charge in [0.1, 0.15) is 17.3 Å². The normalized spacial score (nSPS) is 16.0. The number of carbonyl (C=O) groups excluding carboxylic acids is 2. The largest absolute Gasteiger partial charge is 0.481 e. The second-order valence-electron chi connectivity index (χ2n) is 7.08. The Morgan fingerprint density at radius 1 is 1.23 bits per heavy atom. The first-order chi connectivity index (χ1) is 14.2. The molecule has 0 aliphatic carbocycles. The van der Waals surface area contributed by atoms with E-state index >= 15 is 0 Å². The molecule has 1 saturated heterocycles. The topological polar surface area (TPSA) is 91.8 Å². The van der Waals surface area contributed by atoms with Crippen LogP contribution in [0.25, 0.3) is 0 Å². The summed E-state index contributed by atoms with van der Waals surface area (Å²) in [6.07, 6.45) is -2.63. The number of amides is 2. The third-order valence-corrected chi connectivity index (χ3v) is 4.73. The molecule has 3 rings (SSSR count). The van der Waals surface area contributed by atoms with E-state index in [2.05, 4.69) is 10.3 Å². The highest BCUT2D eigenvalue weighted by Gasteiger charge is 2.47. The lowest BCUT2D eigenvalue weighted by molar-refractivity contribution is -0.147. The molecule has 2 heterocycles. The molecule has 0 spiro atoms. The minimum Gasteiger partial charge on any atom is -0.481 e. The lowest BCUT2D eigenvalue weighted by Crippen LogP contribution is -2.74. The van der Waals surface area contributed by atoms with E-state index in [0.29, 0.717) is 5.75 Å². The van der Waals surface area contributed by atoms with Gasteiger partial charge in [0.15, 0.2) is 6.10 Å². The van der Waals surface area contributed by atoms with Crippen molar-refractivity contribution in [1.29, 1.82) is 0 Å². The smallest absolute Gasteiger partial charge is 0.270 e. The summed E-state index contributed by atoms with van der Waals surface area (Å²) in [6, 6.07) is 7.50. The number of aromatic nitrogens is 1. The number of ether oxygens (including phenoxy) is 1. The van der Waals surface area contributed by atoms with E-state index in [1.807, 2.05) is 0 Å². The van der Waals surface area contributed by atoms with Crippen molar-refractivity contribution in [2.75, 3.05) is 19.7 Å². The summed E-state index contributed by atoms with van der Waals surface area (Å²) in [5.74, 6) is -1.10.